The lowest BCUT2D eigenvalue weighted by Crippen LogP contribution is -2.19. The van der Waals surface area contributed by atoms with Crippen molar-refractivity contribution in [2.75, 3.05) is 20.2 Å². The largest absolute Gasteiger partial charge is 0.372 e. The molecular weight excluding hydrogens is 181 g/mol. The highest BCUT2D eigenvalue weighted by Crippen LogP contribution is 2.17. The minimum Gasteiger partial charge on any atom is -0.372 e. The van der Waals surface area contributed by atoms with Crippen LogP contribution in [0.3, 0.4) is 0 Å². The molecule has 0 spiro atoms. The summed E-state index contributed by atoms with van der Waals surface area (Å²) in [5, 5.41) is 3.02. The molecule has 3 heteroatoms. The average molecular weight is 197 g/mol. The highest BCUT2D eigenvalue weighted by molar-refractivity contribution is 5.19. The predicted octanol–water partition coefficient (Wildman–Crippen LogP) is 2.12. The minimum atomic E-state index is -0.219. The van der Waals surface area contributed by atoms with Crippen LogP contribution in [0.15, 0.2) is 24.3 Å². The second kappa shape index (κ2) is 5.73. The van der Waals surface area contributed by atoms with Gasteiger partial charge in [0.2, 0.25) is 0 Å². The van der Waals surface area contributed by atoms with Crippen LogP contribution in [0.1, 0.15) is 18.6 Å². The van der Waals surface area contributed by atoms with Crippen molar-refractivity contribution in [3.63, 3.8) is 0 Å². The molecule has 1 aromatic carbocycles. The van der Waals surface area contributed by atoms with Crippen molar-refractivity contribution < 1.29 is 9.13 Å². The molecule has 1 N–H and O–H groups in total. The van der Waals surface area contributed by atoms with Crippen molar-refractivity contribution in [3.8, 4) is 0 Å². The first-order valence-corrected chi connectivity index (χ1v) is 4.79. The van der Waals surface area contributed by atoms with Crippen molar-refractivity contribution in [1.82, 2.24) is 5.32 Å². The van der Waals surface area contributed by atoms with Crippen LogP contribution in [-0.2, 0) is 4.74 Å². The number of ether oxygens (including phenoxy) is 1. The molecule has 0 saturated carbocycles. The topological polar surface area (TPSA) is 21.3 Å². The number of likely N-dealkylation sites (N-methyl/N-ethyl adjacent to an activating group) is 1. The van der Waals surface area contributed by atoms with Crippen LogP contribution in [0.2, 0.25) is 0 Å². The third kappa shape index (κ3) is 3.09. The molecule has 0 aliphatic heterocycles. The fourth-order valence-corrected chi connectivity index (χ4v) is 1.37. The van der Waals surface area contributed by atoms with E-state index >= 15 is 0 Å². The molecule has 0 bridgehead atoms. The zero-order chi connectivity index (χ0) is 10.4. The smallest absolute Gasteiger partial charge is 0.123 e. The Hall–Kier alpha value is -0.930. The lowest BCUT2D eigenvalue weighted by molar-refractivity contribution is 0.0636. The van der Waals surface area contributed by atoms with Gasteiger partial charge in [0.05, 0.1) is 6.10 Å². The van der Waals surface area contributed by atoms with E-state index in [1.165, 1.54) is 12.1 Å². The molecule has 0 saturated heterocycles. The summed E-state index contributed by atoms with van der Waals surface area (Å²) in [7, 11) is 1.85. The molecule has 0 radical (unpaired) electrons. The molecule has 1 aromatic rings. The molecule has 0 fully saturated rings. The van der Waals surface area contributed by atoms with Crippen LogP contribution < -0.4 is 5.32 Å². The number of benzene rings is 1. The summed E-state index contributed by atoms with van der Waals surface area (Å²) in [6, 6.07) is 6.52. The van der Waals surface area contributed by atoms with E-state index in [0.29, 0.717) is 13.2 Å². The lowest BCUT2D eigenvalue weighted by atomic mass is 10.1. The van der Waals surface area contributed by atoms with Gasteiger partial charge in [0.1, 0.15) is 5.82 Å². The van der Waals surface area contributed by atoms with Crippen LogP contribution in [0, 0.1) is 5.82 Å². The van der Waals surface area contributed by atoms with Crippen molar-refractivity contribution in [3.05, 3.63) is 35.6 Å². The van der Waals surface area contributed by atoms with Gasteiger partial charge in [-0.2, -0.15) is 0 Å². The van der Waals surface area contributed by atoms with Gasteiger partial charge < -0.3 is 10.1 Å². The molecule has 0 aromatic heterocycles. The summed E-state index contributed by atoms with van der Waals surface area (Å²) < 4.78 is 18.4. The highest BCUT2D eigenvalue weighted by atomic mass is 19.1. The fourth-order valence-electron chi connectivity index (χ4n) is 1.37. The van der Waals surface area contributed by atoms with Gasteiger partial charge in [0, 0.05) is 13.2 Å². The Bertz CT molecular complexity index is 272. The number of hydrogen-bond donors (Lipinski definition) is 1. The van der Waals surface area contributed by atoms with Crippen molar-refractivity contribution >= 4 is 0 Å². The maximum atomic E-state index is 12.9. The first kappa shape index (κ1) is 11.1. The number of hydrogen-bond acceptors (Lipinski definition) is 2. The normalized spacial score (nSPS) is 12.8. The Morgan fingerprint density at radius 3 is 2.86 bits per heavy atom. The van der Waals surface area contributed by atoms with E-state index in [0.717, 1.165) is 5.56 Å². The molecule has 1 atom stereocenters. The van der Waals surface area contributed by atoms with Gasteiger partial charge in [-0.3, -0.25) is 0 Å². The van der Waals surface area contributed by atoms with Gasteiger partial charge in [-0.15, -0.1) is 0 Å². The van der Waals surface area contributed by atoms with Crippen LogP contribution in [0.4, 0.5) is 4.39 Å². The van der Waals surface area contributed by atoms with Crippen molar-refractivity contribution in [1.29, 1.82) is 0 Å². The van der Waals surface area contributed by atoms with E-state index in [9.17, 15) is 4.39 Å². The van der Waals surface area contributed by atoms with E-state index < -0.39 is 0 Å². The van der Waals surface area contributed by atoms with Gasteiger partial charge in [-0.05, 0) is 31.7 Å². The van der Waals surface area contributed by atoms with Gasteiger partial charge in [-0.1, -0.05) is 12.1 Å². The zero-order valence-electron chi connectivity index (χ0n) is 8.59. The summed E-state index contributed by atoms with van der Waals surface area (Å²) in [5.41, 5.74) is 0.876. The maximum absolute atomic E-state index is 12.9. The first-order valence-electron chi connectivity index (χ1n) is 4.79. The predicted molar refractivity (Wildman–Crippen MR) is 54.7 cm³/mol. The molecule has 14 heavy (non-hydrogen) atoms. The second-order valence-electron chi connectivity index (χ2n) is 3.06. The summed E-state index contributed by atoms with van der Waals surface area (Å²) in [5.74, 6) is -0.219. The zero-order valence-corrected chi connectivity index (χ0v) is 8.59. The standard InChI is InChI=1S/C11H16FNO/c1-3-14-11(8-13-2)9-5-4-6-10(12)7-9/h4-7,11,13H,3,8H2,1-2H3/t11-/m1/s1. The highest BCUT2D eigenvalue weighted by Gasteiger charge is 2.10. The van der Waals surface area contributed by atoms with E-state index in [4.69, 9.17) is 4.74 Å². The third-order valence-corrected chi connectivity index (χ3v) is 1.98. The molecule has 0 amide bonds. The molecule has 0 aliphatic rings. The Kier molecular flexibility index (Phi) is 4.56. The Morgan fingerprint density at radius 2 is 2.29 bits per heavy atom. The number of rotatable bonds is 5. The van der Waals surface area contributed by atoms with Gasteiger partial charge in [0.25, 0.3) is 0 Å². The quantitative estimate of drug-likeness (QED) is 0.780. The maximum Gasteiger partial charge on any atom is 0.123 e. The summed E-state index contributed by atoms with van der Waals surface area (Å²) in [4.78, 5) is 0. The molecule has 0 heterocycles. The Morgan fingerprint density at radius 1 is 1.50 bits per heavy atom. The Labute approximate surface area is 84.1 Å². The lowest BCUT2D eigenvalue weighted by Gasteiger charge is -2.16. The fraction of sp³-hybridized carbons (Fsp3) is 0.455. The van der Waals surface area contributed by atoms with Crippen molar-refractivity contribution in [2.24, 2.45) is 0 Å². The molecule has 78 valence electrons. The van der Waals surface area contributed by atoms with Gasteiger partial charge in [0.15, 0.2) is 0 Å². The Balaban J connectivity index is 2.75. The number of nitrogens with one attached hydrogen (secondary N) is 1. The number of halogens is 1. The monoisotopic (exact) mass is 197 g/mol. The average Bonchev–Trinajstić information content (AvgIpc) is 2.17. The third-order valence-electron chi connectivity index (χ3n) is 1.98. The summed E-state index contributed by atoms with van der Waals surface area (Å²) in [6.45, 7) is 3.25. The van der Waals surface area contributed by atoms with Crippen LogP contribution in [0.5, 0.6) is 0 Å². The molecule has 2 nitrogen and oxygen atoms in total. The molecule has 0 unspecified atom stereocenters. The molecular formula is C11H16FNO. The van der Waals surface area contributed by atoms with E-state index in [-0.39, 0.29) is 11.9 Å². The molecule has 0 aliphatic carbocycles. The SMILES string of the molecule is CCO[C@H](CNC)c1cccc(F)c1. The minimum absolute atomic E-state index is 0.0688. The van der Waals surface area contributed by atoms with Crippen LogP contribution in [-0.4, -0.2) is 20.2 Å². The van der Waals surface area contributed by atoms with Crippen LogP contribution >= 0.6 is 0 Å². The van der Waals surface area contributed by atoms with E-state index in [1.807, 2.05) is 20.0 Å². The van der Waals surface area contributed by atoms with Crippen molar-refractivity contribution in [2.45, 2.75) is 13.0 Å². The summed E-state index contributed by atoms with van der Waals surface area (Å²) >= 11 is 0. The second-order valence-corrected chi connectivity index (χ2v) is 3.06. The molecule has 1 rings (SSSR count). The van der Waals surface area contributed by atoms with Gasteiger partial charge in [-0.25, -0.2) is 4.39 Å². The van der Waals surface area contributed by atoms with E-state index in [1.54, 1.807) is 6.07 Å². The van der Waals surface area contributed by atoms with E-state index in [2.05, 4.69) is 5.32 Å². The van der Waals surface area contributed by atoms with Gasteiger partial charge >= 0.3 is 0 Å². The first-order chi connectivity index (χ1) is 6.77. The summed E-state index contributed by atoms with van der Waals surface area (Å²) in [6.07, 6.45) is -0.0688. The van der Waals surface area contributed by atoms with Crippen LogP contribution in [0.25, 0.3) is 0 Å².